The normalized spacial score (nSPS) is 13.9. The molecule has 0 unspecified atom stereocenters. The van der Waals surface area contributed by atoms with Crippen LogP contribution in [0.5, 0.6) is 0 Å². The zero-order chi connectivity index (χ0) is 27.5. The van der Waals surface area contributed by atoms with Crippen LogP contribution in [-0.2, 0) is 5.41 Å². The highest BCUT2D eigenvalue weighted by atomic mass is 16.1. The summed E-state index contributed by atoms with van der Waals surface area (Å²) < 4.78 is 4.21. The van der Waals surface area contributed by atoms with Crippen molar-refractivity contribution in [1.82, 2.24) is 18.9 Å². The molecule has 9 rings (SSSR count). The molecule has 3 heterocycles. The highest BCUT2D eigenvalue weighted by molar-refractivity contribution is 6.12. The van der Waals surface area contributed by atoms with E-state index in [9.17, 15) is 4.79 Å². The summed E-state index contributed by atoms with van der Waals surface area (Å²) in [6.45, 7) is 4.62. The molecule has 0 spiro atoms. The average molecular weight is 529 g/mol. The second-order valence-corrected chi connectivity index (χ2v) is 11.5. The summed E-state index contributed by atoms with van der Waals surface area (Å²) in [5, 5.41) is 3.82. The first-order chi connectivity index (χ1) is 20.0. The fourth-order valence-electron chi connectivity index (χ4n) is 7.01. The monoisotopic (exact) mass is 528 g/mol. The van der Waals surface area contributed by atoms with Crippen molar-refractivity contribution in [2.24, 2.45) is 0 Å². The molecule has 194 valence electrons. The van der Waals surface area contributed by atoms with Gasteiger partial charge in [-0.15, -0.1) is 0 Å². The predicted octanol–water partition coefficient (Wildman–Crippen LogP) is 7.80. The first-order valence-electron chi connectivity index (χ1n) is 13.9. The van der Waals surface area contributed by atoms with Crippen LogP contribution in [-0.4, -0.2) is 18.9 Å². The molecule has 0 N–H and O–H groups in total. The zero-order valence-electron chi connectivity index (χ0n) is 22.6. The van der Waals surface area contributed by atoms with Gasteiger partial charge in [-0.05, 0) is 70.8 Å². The van der Waals surface area contributed by atoms with Crippen LogP contribution in [0.2, 0.25) is 0 Å². The van der Waals surface area contributed by atoms with Crippen molar-refractivity contribution < 1.29 is 0 Å². The molecule has 0 saturated heterocycles. The quantitative estimate of drug-likeness (QED) is 0.204. The van der Waals surface area contributed by atoms with E-state index in [1.54, 1.807) is 6.33 Å². The summed E-state index contributed by atoms with van der Waals surface area (Å²) in [7, 11) is 0. The number of aromatic nitrogens is 4. The van der Waals surface area contributed by atoms with E-state index in [4.69, 9.17) is 0 Å². The second kappa shape index (κ2) is 7.67. The molecule has 1 aliphatic rings. The molecule has 0 amide bonds. The summed E-state index contributed by atoms with van der Waals surface area (Å²) in [5.41, 5.74) is 10.3. The SMILES string of the molecule is CC1(C)c2ccccc2-c2cc3c4ccccc4n(-c4ccc5c(c4)c(=O)nc4c6ccccc6ncn54)c3cc21. The van der Waals surface area contributed by atoms with E-state index in [-0.39, 0.29) is 11.0 Å². The topological polar surface area (TPSA) is 52.2 Å². The van der Waals surface area contributed by atoms with Gasteiger partial charge in [0.25, 0.3) is 5.56 Å². The fraction of sp³-hybridized carbons (Fsp3) is 0.0833. The lowest BCUT2D eigenvalue weighted by atomic mass is 9.82. The number of benzene rings is 5. The maximum atomic E-state index is 13.5. The van der Waals surface area contributed by atoms with E-state index in [0.717, 1.165) is 33.1 Å². The molecule has 0 atom stereocenters. The fourth-order valence-corrected chi connectivity index (χ4v) is 7.01. The molecule has 0 aliphatic heterocycles. The molecular weight excluding hydrogens is 504 g/mol. The van der Waals surface area contributed by atoms with Gasteiger partial charge in [-0.2, -0.15) is 4.98 Å². The maximum Gasteiger partial charge on any atom is 0.281 e. The zero-order valence-corrected chi connectivity index (χ0v) is 22.6. The number of rotatable bonds is 1. The van der Waals surface area contributed by atoms with Crippen molar-refractivity contribution in [3.05, 3.63) is 131 Å². The van der Waals surface area contributed by atoms with Gasteiger partial charge in [-0.3, -0.25) is 9.20 Å². The van der Waals surface area contributed by atoms with Gasteiger partial charge in [0.1, 0.15) is 6.33 Å². The Bertz CT molecular complexity index is 2480. The Labute approximate surface area is 235 Å². The van der Waals surface area contributed by atoms with Gasteiger partial charge in [0.2, 0.25) is 0 Å². The molecular formula is C36H24N4O. The minimum Gasteiger partial charge on any atom is -0.309 e. The third-order valence-corrected chi connectivity index (χ3v) is 9.00. The van der Waals surface area contributed by atoms with E-state index in [0.29, 0.717) is 11.0 Å². The molecule has 8 aromatic rings. The lowest BCUT2D eigenvalue weighted by molar-refractivity contribution is 0.661. The summed E-state index contributed by atoms with van der Waals surface area (Å²) in [6, 6.07) is 35.9. The van der Waals surface area contributed by atoms with Crippen LogP contribution in [0.25, 0.3) is 66.1 Å². The standard InChI is InChI=1S/C36H24N4O/c1-36(2)28-12-6-3-9-22(28)25-18-26-23-10-5-8-14-32(23)40(33(26)19-29(25)36)21-15-16-31-27(17-21)35(41)38-34-24-11-4-7-13-30(24)37-20-39(31)34/h3-20H,1-2H3. The molecule has 41 heavy (non-hydrogen) atoms. The van der Waals surface area contributed by atoms with Crippen molar-refractivity contribution in [1.29, 1.82) is 0 Å². The van der Waals surface area contributed by atoms with Crippen molar-refractivity contribution >= 4 is 49.3 Å². The molecule has 3 aromatic heterocycles. The van der Waals surface area contributed by atoms with Crippen molar-refractivity contribution in [3.8, 4) is 16.8 Å². The maximum absolute atomic E-state index is 13.5. The van der Waals surface area contributed by atoms with Crippen molar-refractivity contribution in [2.75, 3.05) is 0 Å². The van der Waals surface area contributed by atoms with E-state index in [1.165, 1.54) is 33.0 Å². The number of hydrogen-bond donors (Lipinski definition) is 0. The number of para-hydroxylation sites is 2. The summed E-state index contributed by atoms with van der Waals surface area (Å²) in [4.78, 5) is 22.6. The summed E-state index contributed by atoms with van der Waals surface area (Å²) in [6.07, 6.45) is 1.76. The largest absolute Gasteiger partial charge is 0.309 e. The Morgan fingerprint density at radius 3 is 2.32 bits per heavy atom. The van der Waals surface area contributed by atoms with Crippen LogP contribution < -0.4 is 5.56 Å². The van der Waals surface area contributed by atoms with Crippen LogP contribution in [0.3, 0.4) is 0 Å². The molecule has 0 bridgehead atoms. The van der Waals surface area contributed by atoms with Crippen LogP contribution in [0.1, 0.15) is 25.0 Å². The lowest BCUT2D eigenvalue weighted by Gasteiger charge is -2.21. The van der Waals surface area contributed by atoms with Crippen LogP contribution in [0.4, 0.5) is 0 Å². The Morgan fingerprint density at radius 2 is 1.41 bits per heavy atom. The van der Waals surface area contributed by atoms with E-state index in [1.807, 2.05) is 40.8 Å². The minimum absolute atomic E-state index is 0.109. The number of nitrogens with zero attached hydrogens (tertiary/aromatic N) is 4. The average Bonchev–Trinajstić information content (AvgIpc) is 3.44. The highest BCUT2D eigenvalue weighted by Gasteiger charge is 2.36. The highest BCUT2D eigenvalue weighted by Crippen LogP contribution is 2.50. The molecule has 1 aliphatic carbocycles. The van der Waals surface area contributed by atoms with Crippen molar-refractivity contribution in [3.63, 3.8) is 0 Å². The smallest absolute Gasteiger partial charge is 0.281 e. The Morgan fingerprint density at radius 1 is 0.634 bits per heavy atom. The molecule has 0 saturated carbocycles. The molecule has 5 heteroatoms. The van der Waals surface area contributed by atoms with Crippen molar-refractivity contribution in [2.45, 2.75) is 19.3 Å². The van der Waals surface area contributed by atoms with Crippen LogP contribution >= 0.6 is 0 Å². The number of hydrogen-bond acceptors (Lipinski definition) is 3. The van der Waals surface area contributed by atoms with E-state index < -0.39 is 0 Å². The summed E-state index contributed by atoms with van der Waals surface area (Å²) >= 11 is 0. The van der Waals surface area contributed by atoms with Gasteiger partial charge in [0.05, 0.1) is 27.5 Å². The molecule has 5 nitrogen and oxygen atoms in total. The van der Waals surface area contributed by atoms with Crippen LogP contribution in [0.15, 0.2) is 114 Å². The molecule has 0 radical (unpaired) electrons. The lowest BCUT2D eigenvalue weighted by Crippen LogP contribution is -2.15. The minimum atomic E-state index is -0.239. The van der Waals surface area contributed by atoms with E-state index in [2.05, 4.69) is 95.1 Å². The summed E-state index contributed by atoms with van der Waals surface area (Å²) in [5.74, 6) is 0. The van der Waals surface area contributed by atoms with Gasteiger partial charge >= 0.3 is 0 Å². The third-order valence-electron chi connectivity index (χ3n) is 9.00. The molecule has 0 fully saturated rings. The first-order valence-corrected chi connectivity index (χ1v) is 13.9. The Balaban J connectivity index is 1.35. The van der Waals surface area contributed by atoms with Gasteiger partial charge in [0, 0.05) is 27.3 Å². The van der Waals surface area contributed by atoms with Gasteiger partial charge < -0.3 is 4.57 Å². The van der Waals surface area contributed by atoms with Gasteiger partial charge in [-0.25, -0.2) is 4.98 Å². The second-order valence-electron chi connectivity index (χ2n) is 11.5. The predicted molar refractivity (Wildman–Crippen MR) is 166 cm³/mol. The Kier molecular flexibility index (Phi) is 4.21. The molecule has 5 aromatic carbocycles. The first kappa shape index (κ1) is 22.5. The van der Waals surface area contributed by atoms with E-state index >= 15 is 0 Å². The van der Waals surface area contributed by atoms with Gasteiger partial charge in [-0.1, -0.05) is 68.4 Å². The van der Waals surface area contributed by atoms with Crippen LogP contribution in [0, 0.1) is 0 Å². The Hall–Kier alpha value is -5.29. The van der Waals surface area contributed by atoms with Gasteiger partial charge in [0.15, 0.2) is 5.65 Å². The third kappa shape index (κ3) is 2.87. The number of fused-ring (bicyclic) bond motifs is 11.